The van der Waals surface area contributed by atoms with Gasteiger partial charge in [0.25, 0.3) is 0 Å². The molecule has 0 aromatic heterocycles. The van der Waals surface area contributed by atoms with Crippen LogP contribution < -0.4 is 5.32 Å². The predicted molar refractivity (Wildman–Crippen MR) is 76.9 cm³/mol. The van der Waals surface area contributed by atoms with E-state index in [0.29, 0.717) is 6.54 Å². The van der Waals surface area contributed by atoms with Crippen LogP contribution in [0.1, 0.15) is 30.0 Å². The number of carbonyl (C=O) groups is 1. The monoisotopic (exact) mass is 264 g/mol. The van der Waals surface area contributed by atoms with Gasteiger partial charge in [0, 0.05) is 13.2 Å². The number of unbranched alkanes of at least 4 members (excludes halogenated alkanes) is 1. The van der Waals surface area contributed by atoms with Crippen molar-refractivity contribution in [3.8, 4) is 0 Å². The van der Waals surface area contributed by atoms with Gasteiger partial charge in [-0.15, -0.1) is 0 Å². The minimum Gasteiger partial charge on any atom is -0.396 e. The minimum absolute atomic E-state index is 0.00629. The number of aliphatic hydroxyl groups is 1. The third-order valence-electron chi connectivity index (χ3n) is 3.04. The van der Waals surface area contributed by atoms with E-state index >= 15 is 0 Å². The van der Waals surface area contributed by atoms with Crippen molar-refractivity contribution in [1.29, 1.82) is 0 Å². The van der Waals surface area contributed by atoms with Crippen molar-refractivity contribution in [2.75, 3.05) is 27.2 Å². The molecule has 4 heteroatoms. The molecule has 1 aromatic carbocycles. The van der Waals surface area contributed by atoms with Gasteiger partial charge in [0.15, 0.2) is 0 Å². The summed E-state index contributed by atoms with van der Waals surface area (Å²) in [6.07, 6.45) is 1.52. The lowest BCUT2D eigenvalue weighted by Crippen LogP contribution is -2.37. The molecule has 106 valence electrons. The highest BCUT2D eigenvalue weighted by molar-refractivity contribution is 5.83. The summed E-state index contributed by atoms with van der Waals surface area (Å²) in [7, 11) is 3.80. The Morgan fingerprint density at radius 3 is 2.42 bits per heavy atom. The molecule has 0 radical (unpaired) electrons. The summed E-state index contributed by atoms with van der Waals surface area (Å²) in [4.78, 5) is 14.1. The fraction of sp³-hybridized carbons (Fsp3) is 0.533. The number of hydrogen-bond donors (Lipinski definition) is 2. The molecule has 1 aromatic rings. The van der Waals surface area contributed by atoms with Gasteiger partial charge in [-0.25, -0.2) is 0 Å². The molecular weight excluding hydrogens is 240 g/mol. The first kappa shape index (κ1) is 15.7. The van der Waals surface area contributed by atoms with Gasteiger partial charge in [0.1, 0.15) is 6.04 Å². The molecule has 4 nitrogen and oxygen atoms in total. The minimum atomic E-state index is -0.269. The number of benzene rings is 1. The summed E-state index contributed by atoms with van der Waals surface area (Å²) in [5.74, 6) is 0.00629. The van der Waals surface area contributed by atoms with Crippen molar-refractivity contribution < 1.29 is 9.90 Å². The third-order valence-corrected chi connectivity index (χ3v) is 3.04. The highest BCUT2D eigenvalue weighted by Gasteiger charge is 2.22. The maximum Gasteiger partial charge on any atom is 0.241 e. The number of amides is 1. The summed E-state index contributed by atoms with van der Waals surface area (Å²) in [5.41, 5.74) is 2.18. The maximum atomic E-state index is 12.2. The lowest BCUT2D eigenvalue weighted by molar-refractivity contribution is -0.125. The van der Waals surface area contributed by atoms with Gasteiger partial charge in [0.2, 0.25) is 5.91 Å². The standard InChI is InChI=1S/C15H24N2O2/c1-12-6-8-13(9-7-12)14(17(2)3)15(19)16-10-4-5-11-18/h6-9,14,18H,4-5,10-11H2,1-3H3,(H,16,19)/t14-/m0/s1. The Bertz CT molecular complexity index is 388. The molecule has 0 aliphatic heterocycles. The van der Waals surface area contributed by atoms with Crippen LogP contribution in [0.25, 0.3) is 0 Å². The third kappa shape index (κ3) is 5.01. The van der Waals surface area contributed by atoms with E-state index in [1.54, 1.807) is 0 Å². The number of nitrogens with zero attached hydrogens (tertiary/aromatic N) is 1. The van der Waals surface area contributed by atoms with E-state index in [9.17, 15) is 4.79 Å². The van der Waals surface area contributed by atoms with Gasteiger partial charge in [-0.3, -0.25) is 9.69 Å². The Hall–Kier alpha value is -1.39. The van der Waals surface area contributed by atoms with Gasteiger partial charge in [0.05, 0.1) is 0 Å². The molecule has 0 saturated heterocycles. The van der Waals surface area contributed by atoms with Crippen LogP contribution in [-0.2, 0) is 4.79 Å². The summed E-state index contributed by atoms with van der Waals surface area (Å²) in [5, 5.41) is 11.6. The van der Waals surface area contributed by atoms with Crippen LogP contribution in [0, 0.1) is 6.92 Å². The first-order valence-electron chi connectivity index (χ1n) is 6.68. The Morgan fingerprint density at radius 2 is 1.89 bits per heavy atom. The van der Waals surface area contributed by atoms with Crippen LogP contribution in [0.4, 0.5) is 0 Å². The molecule has 0 fully saturated rings. The van der Waals surface area contributed by atoms with E-state index in [-0.39, 0.29) is 18.6 Å². The van der Waals surface area contributed by atoms with Crippen molar-refractivity contribution in [2.24, 2.45) is 0 Å². The number of hydrogen-bond acceptors (Lipinski definition) is 3. The SMILES string of the molecule is Cc1ccc([C@@H](C(=O)NCCCCO)N(C)C)cc1. The molecule has 0 aliphatic carbocycles. The molecule has 1 rings (SSSR count). The van der Waals surface area contributed by atoms with Gasteiger partial charge in [-0.2, -0.15) is 0 Å². The summed E-state index contributed by atoms with van der Waals surface area (Å²) in [6, 6.07) is 7.76. The zero-order valence-corrected chi connectivity index (χ0v) is 12.0. The number of aryl methyl sites for hydroxylation is 1. The largest absolute Gasteiger partial charge is 0.396 e. The summed E-state index contributed by atoms with van der Waals surface area (Å²) < 4.78 is 0. The molecule has 0 heterocycles. The second kappa shape index (κ2) is 7.92. The number of likely N-dealkylation sites (N-methyl/N-ethyl adjacent to an activating group) is 1. The van der Waals surface area contributed by atoms with Crippen molar-refractivity contribution in [3.63, 3.8) is 0 Å². The van der Waals surface area contributed by atoms with Gasteiger partial charge >= 0.3 is 0 Å². The second-order valence-electron chi connectivity index (χ2n) is 5.00. The Kier molecular flexibility index (Phi) is 6.53. The topological polar surface area (TPSA) is 52.6 Å². The van der Waals surface area contributed by atoms with Crippen molar-refractivity contribution in [1.82, 2.24) is 10.2 Å². The molecule has 1 atom stereocenters. The first-order valence-corrected chi connectivity index (χ1v) is 6.68. The van der Waals surface area contributed by atoms with Crippen molar-refractivity contribution >= 4 is 5.91 Å². The highest BCUT2D eigenvalue weighted by Crippen LogP contribution is 2.18. The van der Waals surface area contributed by atoms with Crippen LogP contribution >= 0.6 is 0 Å². The van der Waals surface area contributed by atoms with E-state index in [0.717, 1.165) is 18.4 Å². The average molecular weight is 264 g/mol. The van der Waals surface area contributed by atoms with E-state index in [2.05, 4.69) is 5.32 Å². The zero-order chi connectivity index (χ0) is 14.3. The number of carbonyl (C=O) groups excluding carboxylic acids is 1. The molecule has 0 unspecified atom stereocenters. The van der Waals surface area contributed by atoms with Crippen LogP contribution in [0.2, 0.25) is 0 Å². The molecular formula is C15H24N2O2. The Balaban J connectivity index is 2.66. The lowest BCUT2D eigenvalue weighted by Gasteiger charge is -2.24. The van der Waals surface area contributed by atoms with Crippen LogP contribution in [-0.4, -0.2) is 43.2 Å². The summed E-state index contributed by atoms with van der Waals surface area (Å²) >= 11 is 0. The van der Waals surface area contributed by atoms with Gasteiger partial charge < -0.3 is 10.4 Å². The zero-order valence-electron chi connectivity index (χ0n) is 12.0. The van der Waals surface area contributed by atoms with E-state index < -0.39 is 0 Å². The fourth-order valence-electron chi connectivity index (χ4n) is 1.98. The number of aliphatic hydroxyl groups excluding tert-OH is 1. The Labute approximate surface area is 115 Å². The van der Waals surface area contributed by atoms with Gasteiger partial charge in [-0.1, -0.05) is 29.8 Å². The first-order chi connectivity index (χ1) is 9.06. The highest BCUT2D eigenvalue weighted by atomic mass is 16.2. The average Bonchev–Trinajstić information content (AvgIpc) is 2.37. The molecule has 0 aliphatic rings. The Morgan fingerprint density at radius 1 is 1.26 bits per heavy atom. The number of rotatable bonds is 7. The molecule has 1 amide bonds. The second-order valence-corrected chi connectivity index (χ2v) is 5.00. The maximum absolute atomic E-state index is 12.2. The normalized spacial score (nSPS) is 12.5. The smallest absolute Gasteiger partial charge is 0.241 e. The van der Waals surface area contributed by atoms with E-state index in [1.807, 2.05) is 50.2 Å². The van der Waals surface area contributed by atoms with Gasteiger partial charge in [-0.05, 0) is 39.4 Å². The fourth-order valence-corrected chi connectivity index (χ4v) is 1.98. The van der Waals surface area contributed by atoms with E-state index in [1.165, 1.54) is 5.56 Å². The predicted octanol–water partition coefficient (Wildman–Crippen LogP) is 1.49. The molecule has 2 N–H and O–H groups in total. The summed E-state index contributed by atoms with van der Waals surface area (Å²) in [6.45, 7) is 2.81. The van der Waals surface area contributed by atoms with Crippen molar-refractivity contribution in [3.05, 3.63) is 35.4 Å². The molecule has 0 spiro atoms. The quantitative estimate of drug-likeness (QED) is 0.734. The molecule has 19 heavy (non-hydrogen) atoms. The molecule has 0 bridgehead atoms. The lowest BCUT2D eigenvalue weighted by atomic mass is 10.0. The van der Waals surface area contributed by atoms with E-state index in [4.69, 9.17) is 5.11 Å². The van der Waals surface area contributed by atoms with Crippen LogP contribution in [0.3, 0.4) is 0 Å². The van der Waals surface area contributed by atoms with Crippen LogP contribution in [0.15, 0.2) is 24.3 Å². The molecule has 0 saturated carbocycles. The van der Waals surface area contributed by atoms with Crippen LogP contribution in [0.5, 0.6) is 0 Å². The van der Waals surface area contributed by atoms with Crippen molar-refractivity contribution in [2.45, 2.75) is 25.8 Å². The number of nitrogens with one attached hydrogen (secondary N) is 1.